The average molecular weight is 347 g/mol. The standard InChI is InChI=1S/C20H23ClO3/c1-15(6-5-12-21)11-13-24-17-9-10-18(19(14-17)20(22)23)16-7-3-2-4-8-16/h2-4,7-10,14-15H,5-6,11-13H2,1H3,(H,22,23)/t15-/m1/s1. The highest BCUT2D eigenvalue weighted by molar-refractivity contribution is 6.17. The van der Waals surface area contributed by atoms with Crippen LogP contribution in [0, 0.1) is 5.92 Å². The van der Waals surface area contributed by atoms with E-state index in [9.17, 15) is 9.90 Å². The first-order valence-electron chi connectivity index (χ1n) is 8.23. The van der Waals surface area contributed by atoms with Gasteiger partial charge < -0.3 is 9.84 Å². The van der Waals surface area contributed by atoms with Gasteiger partial charge in [0.15, 0.2) is 0 Å². The molecule has 0 aliphatic carbocycles. The zero-order valence-corrected chi connectivity index (χ0v) is 14.6. The smallest absolute Gasteiger partial charge is 0.336 e. The molecular formula is C20H23ClO3. The fourth-order valence-corrected chi connectivity index (χ4v) is 2.76. The Kier molecular flexibility index (Phi) is 7.13. The molecular weight excluding hydrogens is 324 g/mol. The molecule has 0 bridgehead atoms. The highest BCUT2D eigenvalue weighted by atomic mass is 35.5. The van der Waals surface area contributed by atoms with Crippen LogP contribution in [-0.4, -0.2) is 23.6 Å². The first kappa shape index (κ1) is 18.3. The Balaban J connectivity index is 2.05. The van der Waals surface area contributed by atoms with Crippen molar-refractivity contribution in [2.45, 2.75) is 26.2 Å². The van der Waals surface area contributed by atoms with Crippen molar-refractivity contribution in [2.75, 3.05) is 12.5 Å². The third kappa shape index (κ3) is 5.27. The van der Waals surface area contributed by atoms with Gasteiger partial charge in [-0.05, 0) is 54.5 Å². The SMILES string of the molecule is C[C@H](CCCCl)CCOc1ccc(-c2ccccc2)c(C(=O)O)c1. The van der Waals surface area contributed by atoms with E-state index >= 15 is 0 Å². The second-order valence-corrected chi connectivity index (χ2v) is 6.33. The molecule has 0 amide bonds. The molecule has 0 heterocycles. The number of carboxylic acid groups (broad SMARTS) is 1. The highest BCUT2D eigenvalue weighted by Crippen LogP contribution is 2.27. The average Bonchev–Trinajstić information content (AvgIpc) is 2.60. The first-order chi connectivity index (χ1) is 11.6. The molecule has 128 valence electrons. The summed E-state index contributed by atoms with van der Waals surface area (Å²) >= 11 is 5.70. The summed E-state index contributed by atoms with van der Waals surface area (Å²) in [4.78, 5) is 11.6. The number of hydrogen-bond donors (Lipinski definition) is 1. The number of halogens is 1. The summed E-state index contributed by atoms with van der Waals surface area (Å²) in [7, 11) is 0. The molecule has 24 heavy (non-hydrogen) atoms. The van der Waals surface area contributed by atoms with Crippen molar-refractivity contribution >= 4 is 17.6 Å². The van der Waals surface area contributed by atoms with Gasteiger partial charge in [0.1, 0.15) is 5.75 Å². The van der Waals surface area contributed by atoms with Gasteiger partial charge in [-0.25, -0.2) is 4.79 Å². The van der Waals surface area contributed by atoms with Crippen LogP contribution in [0.2, 0.25) is 0 Å². The molecule has 0 saturated heterocycles. The van der Waals surface area contributed by atoms with Gasteiger partial charge in [0, 0.05) is 5.88 Å². The molecule has 2 aromatic rings. The van der Waals surface area contributed by atoms with Crippen LogP contribution in [-0.2, 0) is 0 Å². The molecule has 1 atom stereocenters. The van der Waals surface area contributed by atoms with Crippen LogP contribution in [0.5, 0.6) is 5.75 Å². The van der Waals surface area contributed by atoms with Crippen LogP contribution >= 0.6 is 11.6 Å². The van der Waals surface area contributed by atoms with E-state index in [0.29, 0.717) is 29.7 Å². The third-order valence-electron chi connectivity index (χ3n) is 4.02. The fraction of sp³-hybridized carbons (Fsp3) is 0.350. The number of carbonyl (C=O) groups is 1. The van der Waals surface area contributed by atoms with Crippen LogP contribution in [0.25, 0.3) is 11.1 Å². The molecule has 0 aliphatic heterocycles. The van der Waals surface area contributed by atoms with E-state index in [-0.39, 0.29) is 5.56 Å². The van der Waals surface area contributed by atoms with E-state index in [4.69, 9.17) is 16.3 Å². The molecule has 3 nitrogen and oxygen atoms in total. The number of carboxylic acids is 1. The van der Waals surface area contributed by atoms with Crippen molar-refractivity contribution in [1.29, 1.82) is 0 Å². The van der Waals surface area contributed by atoms with Gasteiger partial charge in [0.05, 0.1) is 12.2 Å². The monoisotopic (exact) mass is 346 g/mol. The normalized spacial score (nSPS) is 11.9. The van der Waals surface area contributed by atoms with Crippen molar-refractivity contribution in [1.82, 2.24) is 0 Å². The summed E-state index contributed by atoms with van der Waals surface area (Å²) in [5.74, 6) is 0.881. The van der Waals surface area contributed by atoms with Crippen molar-refractivity contribution < 1.29 is 14.6 Å². The van der Waals surface area contributed by atoms with Gasteiger partial charge in [0.25, 0.3) is 0 Å². The van der Waals surface area contributed by atoms with Gasteiger partial charge in [-0.3, -0.25) is 0 Å². The van der Waals surface area contributed by atoms with Crippen molar-refractivity contribution in [3.05, 3.63) is 54.1 Å². The zero-order valence-electron chi connectivity index (χ0n) is 13.9. The molecule has 0 aromatic heterocycles. The van der Waals surface area contributed by atoms with Gasteiger partial charge >= 0.3 is 5.97 Å². The Bertz CT molecular complexity index is 655. The fourth-order valence-electron chi connectivity index (χ4n) is 2.61. The number of benzene rings is 2. The summed E-state index contributed by atoms with van der Waals surface area (Å²) in [5.41, 5.74) is 1.84. The molecule has 4 heteroatoms. The first-order valence-corrected chi connectivity index (χ1v) is 8.76. The topological polar surface area (TPSA) is 46.5 Å². The lowest BCUT2D eigenvalue weighted by Gasteiger charge is -2.13. The number of rotatable bonds is 9. The quantitative estimate of drug-likeness (QED) is 0.612. The number of hydrogen-bond acceptors (Lipinski definition) is 2. The molecule has 0 radical (unpaired) electrons. The van der Waals surface area contributed by atoms with E-state index in [1.54, 1.807) is 6.07 Å². The lowest BCUT2D eigenvalue weighted by atomic mass is 9.99. The Morgan fingerprint density at radius 3 is 2.58 bits per heavy atom. The van der Waals surface area contributed by atoms with Crippen molar-refractivity contribution in [3.63, 3.8) is 0 Å². The largest absolute Gasteiger partial charge is 0.494 e. The van der Waals surface area contributed by atoms with Gasteiger partial charge in [-0.2, -0.15) is 0 Å². The highest BCUT2D eigenvalue weighted by Gasteiger charge is 2.13. The molecule has 0 unspecified atom stereocenters. The molecule has 0 fully saturated rings. The number of ether oxygens (including phenoxy) is 1. The second-order valence-electron chi connectivity index (χ2n) is 5.95. The van der Waals surface area contributed by atoms with Crippen molar-refractivity contribution in [3.8, 4) is 16.9 Å². The molecule has 1 N–H and O–H groups in total. The summed E-state index contributed by atoms with van der Waals surface area (Å²) < 4.78 is 5.74. The predicted molar refractivity (Wildman–Crippen MR) is 98.1 cm³/mol. The van der Waals surface area contributed by atoms with E-state index in [2.05, 4.69) is 6.92 Å². The number of alkyl halides is 1. The van der Waals surface area contributed by atoms with Crippen LogP contribution in [0.4, 0.5) is 0 Å². The minimum atomic E-state index is -0.949. The van der Waals surface area contributed by atoms with E-state index in [0.717, 1.165) is 24.8 Å². The molecule has 0 saturated carbocycles. The van der Waals surface area contributed by atoms with Gasteiger partial charge in [-0.15, -0.1) is 11.6 Å². The summed E-state index contributed by atoms with van der Waals surface area (Å²) in [6, 6.07) is 14.8. The minimum Gasteiger partial charge on any atom is -0.494 e. The van der Waals surface area contributed by atoms with Crippen LogP contribution in [0.3, 0.4) is 0 Å². The van der Waals surface area contributed by atoms with E-state index in [1.165, 1.54) is 0 Å². The number of aromatic carboxylic acids is 1. The molecule has 2 rings (SSSR count). The minimum absolute atomic E-state index is 0.258. The summed E-state index contributed by atoms with van der Waals surface area (Å²) in [5, 5.41) is 9.49. The second kappa shape index (κ2) is 9.33. The summed E-state index contributed by atoms with van der Waals surface area (Å²) in [6.45, 7) is 2.75. The molecule has 0 aliphatic rings. The maximum Gasteiger partial charge on any atom is 0.336 e. The third-order valence-corrected chi connectivity index (χ3v) is 4.28. The van der Waals surface area contributed by atoms with Crippen LogP contribution < -0.4 is 4.74 Å². The lowest BCUT2D eigenvalue weighted by Crippen LogP contribution is -2.06. The maximum absolute atomic E-state index is 11.6. The Labute approximate surface area is 148 Å². The Morgan fingerprint density at radius 1 is 1.17 bits per heavy atom. The lowest BCUT2D eigenvalue weighted by molar-refractivity contribution is 0.0697. The van der Waals surface area contributed by atoms with E-state index in [1.807, 2.05) is 42.5 Å². The predicted octanol–water partition coefficient (Wildman–Crippen LogP) is 5.48. The van der Waals surface area contributed by atoms with Crippen LogP contribution in [0.1, 0.15) is 36.5 Å². The summed E-state index contributed by atoms with van der Waals surface area (Å²) in [6.07, 6.45) is 3.03. The van der Waals surface area contributed by atoms with Gasteiger partial charge in [-0.1, -0.05) is 37.3 Å². The Hall–Kier alpha value is -2.00. The van der Waals surface area contributed by atoms with Gasteiger partial charge in [0.2, 0.25) is 0 Å². The van der Waals surface area contributed by atoms with E-state index < -0.39 is 5.97 Å². The molecule has 0 spiro atoms. The molecule has 2 aromatic carbocycles. The van der Waals surface area contributed by atoms with Crippen LogP contribution in [0.15, 0.2) is 48.5 Å². The van der Waals surface area contributed by atoms with Crippen molar-refractivity contribution in [2.24, 2.45) is 5.92 Å². The zero-order chi connectivity index (χ0) is 17.4. The maximum atomic E-state index is 11.6. The Morgan fingerprint density at radius 2 is 1.92 bits per heavy atom.